The Kier molecular flexibility index (Phi) is 3.78. The molecule has 2 bridgehead atoms. The highest BCUT2D eigenvalue weighted by Gasteiger charge is 2.40. The molecule has 0 saturated heterocycles. The summed E-state index contributed by atoms with van der Waals surface area (Å²) in [6, 6.07) is 0.382. The van der Waals surface area contributed by atoms with Gasteiger partial charge in [0.25, 0.3) is 5.91 Å². The second-order valence-electron chi connectivity index (χ2n) is 6.26. The predicted molar refractivity (Wildman–Crippen MR) is 77.3 cm³/mol. The lowest BCUT2D eigenvalue weighted by atomic mass is 9.95. The maximum Gasteiger partial charge on any atom is 0.254 e. The van der Waals surface area contributed by atoms with Crippen LogP contribution >= 0.6 is 0 Å². The number of carbonyl (C=O) groups excluding carboxylic acids is 1. The fraction of sp³-hybridized carbons (Fsp3) is 0.733. The average Bonchev–Trinajstić information content (AvgIpc) is 3.12. The molecule has 0 aromatic carbocycles. The largest absolute Gasteiger partial charge is 0.349 e. The van der Waals surface area contributed by atoms with Crippen molar-refractivity contribution in [3.63, 3.8) is 0 Å². The van der Waals surface area contributed by atoms with Crippen LogP contribution < -0.4 is 11.1 Å². The van der Waals surface area contributed by atoms with Crippen LogP contribution in [-0.2, 0) is 6.54 Å². The molecule has 2 fully saturated rings. The minimum atomic E-state index is 0.0408. The number of fused-ring (bicyclic) bond motifs is 2. The standard InChI is InChI=1S/C15H24N4O/c1-10-13(9-17-19(10)6-2-5-16)15(20)18-14-8-11-3-4-12(14)7-11/h9,11-12,14H,2-8,16H2,1H3,(H,18,20). The third-order valence-corrected chi connectivity index (χ3v) is 4.98. The van der Waals surface area contributed by atoms with Gasteiger partial charge in [0.2, 0.25) is 0 Å². The van der Waals surface area contributed by atoms with Gasteiger partial charge in [0.1, 0.15) is 0 Å². The van der Waals surface area contributed by atoms with E-state index in [4.69, 9.17) is 5.73 Å². The number of hydrogen-bond donors (Lipinski definition) is 2. The number of rotatable bonds is 5. The van der Waals surface area contributed by atoms with Crippen molar-refractivity contribution in [2.24, 2.45) is 17.6 Å². The van der Waals surface area contributed by atoms with E-state index in [0.29, 0.717) is 24.1 Å². The first-order chi connectivity index (χ1) is 9.69. The van der Waals surface area contributed by atoms with E-state index in [-0.39, 0.29) is 5.91 Å². The molecule has 0 spiro atoms. The molecule has 1 aromatic heterocycles. The summed E-state index contributed by atoms with van der Waals surface area (Å²) in [5, 5.41) is 7.52. The van der Waals surface area contributed by atoms with Crippen molar-refractivity contribution < 1.29 is 4.79 Å². The van der Waals surface area contributed by atoms with Gasteiger partial charge in [0.15, 0.2) is 0 Å². The fourth-order valence-corrected chi connectivity index (χ4v) is 3.80. The van der Waals surface area contributed by atoms with Crippen LogP contribution in [0.15, 0.2) is 6.20 Å². The Hall–Kier alpha value is -1.36. The number of nitrogens with one attached hydrogen (secondary N) is 1. The quantitative estimate of drug-likeness (QED) is 0.855. The van der Waals surface area contributed by atoms with E-state index >= 15 is 0 Å². The summed E-state index contributed by atoms with van der Waals surface area (Å²) in [5.74, 6) is 1.59. The van der Waals surface area contributed by atoms with Gasteiger partial charge in [-0.3, -0.25) is 9.48 Å². The summed E-state index contributed by atoms with van der Waals surface area (Å²) in [6.07, 6.45) is 7.68. The minimum Gasteiger partial charge on any atom is -0.349 e. The minimum absolute atomic E-state index is 0.0408. The van der Waals surface area contributed by atoms with Gasteiger partial charge in [-0.15, -0.1) is 0 Å². The molecular formula is C15H24N4O. The second-order valence-corrected chi connectivity index (χ2v) is 6.26. The normalized spacial score (nSPS) is 28.0. The van der Waals surface area contributed by atoms with Gasteiger partial charge >= 0.3 is 0 Å². The Bertz CT molecular complexity index is 496. The third-order valence-electron chi connectivity index (χ3n) is 4.98. The van der Waals surface area contributed by atoms with Crippen LogP contribution in [-0.4, -0.2) is 28.3 Å². The van der Waals surface area contributed by atoms with Crippen molar-refractivity contribution in [1.29, 1.82) is 0 Å². The molecule has 5 heteroatoms. The summed E-state index contributed by atoms with van der Waals surface area (Å²) in [7, 11) is 0. The second kappa shape index (κ2) is 5.56. The Morgan fingerprint density at radius 2 is 2.35 bits per heavy atom. The molecular weight excluding hydrogens is 252 g/mol. The molecule has 3 atom stereocenters. The summed E-state index contributed by atoms with van der Waals surface area (Å²) in [5.41, 5.74) is 7.17. The van der Waals surface area contributed by atoms with E-state index in [2.05, 4.69) is 10.4 Å². The van der Waals surface area contributed by atoms with E-state index in [1.807, 2.05) is 11.6 Å². The van der Waals surface area contributed by atoms with Gasteiger partial charge in [-0.2, -0.15) is 5.10 Å². The first kappa shape index (κ1) is 13.6. The number of nitrogens with zero attached hydrogens (tertiary/aromatic N) is 2. The SMILES string of the molecule is Cc1c(C(=O)NC2CC3CCC2C3)cnn1CCCN. The van der Waals surface area contributed by atoms with E-state index in [9.17, 15) is 4.79 Å². The summed E-state index contributed by atoms with van der Waals surface area (Å²) in [6.45, 7) is 3.38. The Morgan fingerprint density at radius 3 is 3.00 bits per heavy atom. The van der Waals surface area contributed by atoms with Gasteiger partial charge in [-0.25, -0.2) is 0 Å². The van der Waals surface area contributed by atoms with Crippen LogP contribution in [0.2, 0.25) is 0 Å². The van der Waals surface area contributed by atoms with Gasteiger partial charge in [0.05, 0.1) is 11.8 Å². The van der Waals surface area contributed by atoms with Crippen molar-refractivity contribution in [2.75, 3.05) is 6.54 Å². The van der Waals surface area contributed by atoms with Crippen molar-refractivity contribution in [1.82, 2.24) is 15.1 Å². The van der Waals surface area contributed by atoms with E-state index < -0.39 is 0 Å². The van der Waals surface area contributed by atoms with Crippen LogP contribution in [0, 0.1) is 18.8 Å². The van der Waals surface area contributed by atoms with Crippen LogP contribution in [0.3, 0.4) is 0 Å². The lowest BCUT2D eigenvalue weighted by molar-refractivity contribution is 0.0922. The highest BCUT2D eigenvalue weighted by Crippen LogP contribution is 2.44. The third kappa shape index (κ3) is 2.46. The van der Waals surface area contributed by atoms with Gasteiger partial charge < -0.3 is 11.1 Å². The molecule has 2 saturated carbocycles. The van der Waals surface area contributed by atoms with Crippen LogP contribution in [0.4, 0.5) is 0 Å². The number of hydrogen-bond acceptors (Lipinski definition) is 3. The summed E-state index contributed by atoms with van der Waals surface area (Å²) in [4.78, 5) is 12.4. The lowest BCUT2D eigenvalue weighted by Gasteiger charge is -2.22. The van der Waals surface area contributed by atoms with Crippen molar-refractivity contribution in [3.8, 4) is 0 Å². The zero-order valence-electron chi connectivity index (χ0n) is 12.1. The Morgan fingerprint density at radius 1 is 1.50 bits per heavy atom. The predicted octanol–water partition coefficient (Wildman–Crippen LogP) is 1.46. The number of amides is 1. The molecule has 0 radical (unpaired) electrons. The number of nitrogens with two attached hydrogens (primary N) is 1. The fourth-order valence-electron chi connectivity index (χ4n) is 3.80. The number of aromatic nitrogens is 2. The van der Waals surface area contributed by atoms with Crippen LogP contribution in [0.5, 0.6) is 0 Å². The first-order valence-electron chi connectivity index (χ1n) is 7.72. The van der Waals surface area contributed by atoms with Crippen LogP contribution in [0.25, 0.3) is 0 Å². The molecule has 3 unspecified atom stereocenters. The highest BCUT2D eigenvalue weighted by atomic mass is 16.1. The van der Waals surface area contributed by atoms with Gasteiger partial charge in [-0.05, 0) is 51.0 Å². The topological polar surface area (TPSA) is 72.9 Å². The van der Waals surface area contributed by atoms with Crippen LogP contribution in [0.1, 0.15) is 48.2 Å². The monoisotopic (exact) mass is 276 g/mol. The molecule has 0 aliphatic heterocycles. The van der Waals surface area contributed by atoms with E-state index in [1.165, 1.54) is 19.3 Å². The molecule has 1 aromatic rings. The summed E-state index contributed by atoms with van der Waals surface area (Å²) < 4.78 is 1.88. The Labute approximate surface area is 119 Å². The number of aryl methyl sites for hydroxylation is 1. The molecule has 1 heterocycles. The molecule has 2 aliphatic rings. The van der Waals surface area contributed by atoms with E-state index in [0.717, 1.165) is 31.0 Å². The van der Waals surface area contributed by atoms with Crippen molar-refractivity contribution in [2.45, 2.75) is 51.6 Å². The zero-order chi connectivity index (χ0) is 14.1. The van der Waals surface area contributed by atoms with Crippen molar-refractivity contribution >= 4 is 5.91 Å². The van der Waals surface area contributed by atoms with Gasteiger partial charge in [-0.1, -0.05) is 6.42 Å². The molecule has 3 rings (SSSR count). The van der Waals surface area contributed by atoms with Gasteiger partial charge in [0, 0.05) is 18.3 Å². The first-order valence-corrected chi connectivity index (χ1v) is 7.72. The van der Waals surface area contributed by atoms with E-state index in [1.54, 1.807) is 6.20 Å². The lowest BCUT2D eigenvalue weighted by Crippen LogP contribution is -2.38. The molecule has 20 heavy (non-hydrogen) atoms. The smallest absolute Gasteiger partial charge is 0.254 e. The molecule has 3 N–H and O–H groups in total. The maximum atomic E-state index is 12.4. The number of carbonyl (C=O) groups is 1. The highest BCUT2D eigenvalue weighted by molar-refractivity contribution is 5.95. The zero-order valence-corrected chi connectivity index (χ0v) is 12.1. The van der Waals surface area contributed by atoms with Crippen molar-refractivity contribution in [3.05, 3.63) is 17.5 Å². The molecule has 5 nitrogen and oxygen atoms in total. The summed E-state index contributed by atoms with van der Waals surface area (Å²) >= 11 is 0. The maximum absolute atomic E-state index is 12.4. The molecule has 110 valence electrons. The average molecular weight is 276 g/mol. The molecule has 2 aliphatic carbocycles. The Balaban J connectivity index is 1.64. The molecule has 1 amide bonds.